The van der Waals surface area contributed by atoms with E-state index in [1.165, 1.54) is 6.20 Å². The summed E-state index contributed by atoms with van der Waals surface area (Å²) in [6, 6.07) is 3.56. The van der Waals surface area contributed by atoms with Crippen LogP contribution in [0.2, 0.25) is 0 Å². The van der Waals surface area contributed by atoms with E-state index in [9.17, 15) is 4.79 Å². The molecule has 2 aromatic rings. The number of aromatic nitrogens is 3. The minimum Gasteiger partial charge on any atom is -0.475 e. The van der Waals surface area contributed by atoms with Crippen molar-refractivity contribution in [3.05, 3.63) is 28.9 Å². The molecule has 0 saturated carbocycles. The van der Waals surface area contributed by atoms with Crippen LogP contribution < -0.4 is 15.0 Å². The van der Waals surface area contributed by atoms with E-state index in [2.05, 4.69) is 25.4 Å². The first-order valence-electron chi connectivity index (χ1n) is 7.50. The summed E-state index contributed by atoms with van der Waals surface area (Å²) in [5.74, 6) is 0.407. The molecule has 0 radical (unpaired) electrons. The first kappa shape index (κ1) is 15.7. The first-order valence-corrected chi connectivity index (χ1v) is 8.31. The lowest BCUT2D eigenvalue weighted by atomic mass is 10.1. The van der Waals surface area contributed by atoms with Crippen LogP contribution in [0.4, 0.5) is 5.13 Å². The number of hydrogen-bond donors (Lipinski definition) is 1. The first-order chi connectivity index (χ1) is 11.0. The van der Waals surface area contributed by atoms with Crippen molar-refractivity contribution >= 4 is 22.4 Å². The van der Waals surface area contributed by atoms with Crippen LogP contribution in [0.15, 0.2) is 18.3 Å². The number of pyridine rings is 1. The Balaban J connectivity index is 1.50. The Morgan fingerprint density at radius 2 is 2.17 bits per heavy atom. The van der Waals surface area contributed by atoms with Gasteiger partial charge in [0.2, 0.25) is 11.0 Å². The van der Waals surface area contributed by atoms with Gasteiger partial charge in [0.25, 0.3) is 5.91 Å². The SMILES string of the molecule is Cc1nnc(N2CC(NC(=O)c3ccc(OC(C)C)nc3)C2)s1. The van der Waals surface area contributed by atoms with Gasteiger partial charge in [-0.25, -0.2) is 4.98 Å². The molecule has 0 spiro atoms. The monoisotopic (exact) mass is 333 g/mol. The number of rotatable bonds is 5. The molecule has 0 bridgehead atoms. The van der Waals surface area contributed by atoms with Gasteiger partial charge in [-0.1, -0.05) is 11.3 Å². The summed E-state index contributed by atoms with van der Waals surface area (Å²) in [4.78, 5) is 18.4. The lowest BCUT2D eigenvalue weighted by Crippen LogP contribution is -2.59. The molecule has 0 aromatic carbocycles. The Kier molecular flexibility index (Phi) is 4.42. The van der Waals surface area contributed by atoms with E-state index in [1.807, 2.05) is 20.8 Å². The lowest BCUT2D eigenvalue weighted by Gasteiger charge is -2.39. The molecule has 3 rings (SSSR count). The maximum atomic E-state index is 12.2. The van der Waals surface area contributed by atoms with Crippen LogP contribution in [0.1, 0.15) is 29.2 Å². The van der Waals surface area contributed by atoms with Crippen LogP contribution in [0.25, 0.3) is 0 Å². The third kappa shape index (κ3) is 3.76. The summed E-state index contributed by atoms with van der Waals surface area (Å²) in [6.07, 6.45) is 1.60. The van der Waals surface area contributed by atoms with Crippen molar-refractivity contribution in [2.75, 3.05) is 18.0 Å². The Labute approximate surface area is 138 Å². The molecule has 3 heterocycles. The molecule has 1 N–H and O–H groups in total. The van der Waals surface area contributed by atoms with Gasteiger partial charge >= 0.3 is 0 Å². The average molecular weight is 333 g/mol. The van der Waals surface area contributed by atoms with Crippen LogP contribution in [-0.2, 0) is 0 Å². The van der Waals surface area contributed by atoms with Gasteiger partial charge < -0.3 is 15.0 Å². The summed E-state index contributed by atoms with van der Waals surface area (Å²) >= 11 is 1.56. The summed E-state index contributed by atoms with van der Waals surface area (Å²) < 4.78 is 5.47. The Hall–Kier alpha value is -2.22. The highest BCUT2D eigenvalue weighted by molar-refractivity contribution is 7.15. The Morgan fingerprint density at radius 1 is 1.39 bits per heavy atom. The van der Waals surface area contributed by atoms with Crippen molar-refractivity contribution in [2.45, 2.75) is 32.9 Å². The molecule has 1 fully saturated rings. The number of carbonyl (C=O) groups excluding carboxylic acids is 1. The number of nitrogens with one attached hydrogen (secondary N) is 1. The highest BCUT2D eigenvalue weighted by Crippen LogP contribution is 2.24. The minimum atomic E-state index is -0.119. The van der Waals surface area contributed by atoms with E-state index >= 15 is 0 Å². The molecule has 0 atom stereocenters. The number of aryl methyl sites for hydroxylation is 1. The van der Waals surface area contributed by atoms with Gasteiger partial charge in [0, 0.05) is 25.4 Å². The van der Waals surface area contributed by atoms with Gasteiger partial charge in [-0.3, -0.25) is 4.79 Å². The van der Waals surface area contributed by atoms with Crippen molar-refractivity contribution in [3.63, 3.8) is 0 Å². The standard InChI is InChI=1S/C15H19N5O2S/c1-9(2)22-13-5-4-11(6-16-13)14(21)17-12-7-20(8-12)15-19-18-10(3)23-15/h4-6,9,12H,7-8H2,1-3H3,(H,17,21). The highest BCUT2D eigenvalue weighted by atomic mass is 32.1. The molecule has 0 unspecified atom stereocenters. The molecule has 1 aliphatic rings. The normalized spacial score (nSPS) is 14.7. The minimum absolute atomic E-state index is 0.0622. The smallest absolute Gasteiger partial charge is 0.253 e. The number of anilines is 1. The number of hydrogen-bond acceptors (Lipinski definition) is 7. The zero-order chi connectivity index (χ0) is 16.4. The van der Waals surface area contributed by atoms with E-state index in [-0.39, 0.29) is 18.1 Å². The molecule has 8 heteroatoms. The van der Waals surface area contributed by atoms with Gasteiger partial charge in [0.15, 0.2) is 0 Å². The number of amides is 1. The van der Waals surface area contributed by atoms with Crippen LogP contribution in [-0.4, -0.2) is 46.3 Å². The van der Waals surface area contributed by atoms with E-state index in [0.29, 0.717) is 11.4 Å². The molecule has 2 aromatic heterocycles. The molecule has 1 amide bonds. The summed E-state index contributed by atoms with van der Waals surface area (Å²) in [7, 11) is 0. The third-order valence-corrected chi connectivity index (χ3v) is 4.26. The lowest BCUT2D eigenvalue weighted by molar-refractivity contribution is 0.0929. The van der Waals surface area contributed by atoms with Crippen LogP contribution in [0.3, 0.4) is 0 Å². The van der Waals surface area contributed by atoms with Crippen molar-refractivity contribution in [1.29, 1.82) is 0 Å². The summed E-state index contributed by atoms with van der Waals surface area (Å²) in [5, 5.41) is 12.9. The van der Waals surface area contributed by atoms with E-state index in [0.717, 1.165) is 23.2 Å². The second kappa shape index (κ2) is 6.49. The number of nitrogens with zero attached hydrogens (tertiary/aromatic N) is 4. The molecule has 1 saturated heterocycles. The average Bonchev–Trinajstić information content (AvgIpc) is 2.88. The maximum absolute atomic E-state index is 12.2. The fraction of sp³-hybridized carbons (Fsp3) is 0.467. The van der Waals surface area contributed by atoms with Crippen LogP contribution in [0, 0.1) is 6.92 Å². The van der Waals surface area contributed by atoms with E-state index < -0.39 is 0 Å². The maximum Gasteiger partial charge on any atom is 0.253 e. The molecule has 0 aliphatic carbocycles. The van der Waals surface area contributed by atoms with Crippen LogP contribution >= 0.6 is 11.3 Å². The fourth-order valence-electron chi connectivity index (χ4n) is 2.23. The largest absolute Gasteiger partial charge is 0.475 e. The van der Waals surface area contributed by atoms with Gasteiger partial charge in [-0.2, -0.15) is 0 Å². The summed E-state index contributed by atoms with van der Waals surface area (Å²) in [6.45, 7) is 7.30. The molecule has 1 aliphatic heterocycles. The number of ether oxygens (including phenoxy) is 1. The molecule has 23 heavy (non-hydrogen) atoms. The van der Waals surface area contributed by atoms with Crippen LogP contribution in [0.5, 0.6) is 5.88 Å². The quantitative estimate of drug-likeness (QED) is 0.896. The van der Waals surface area contributed by atoms with E-state index in [4.69, 9.17) is 4.74 Å². The Morgan fingerprint density at radius 3 is 2.74 bits per heavy atom. The zero-order valence-electron chi connectivity index (χ0n) is 13.3. The highest BCUT2D eigenvalue weighted by Gasteiger charge is 2.30. The van der Waals surface area contributed by atoms with Crippen molar-refractivity contribution in [1.82, 2.24) is 20.5 Å². The Bertz CT molecular complexity index is 679. The fourth-order valence-corrected chi connectivity index (χ4v) is 2.94. The topological polar surface area (TPSA) is 80.2 Å². The van der Waals surface area contributed by atoms with Gasteiger partial charge in [-0.05, 0) is 26.8 Å². The van der Waals surface area contributed by atoms with Crippen molar-refractivity contribution in [3.8, 4) is 5.88 Å². The second-order valence-corrected chi connectivity index (χ2v) is 6.89. The van der Waals surface area contributed by atoms with Gasteiger partial charge in [0.1, 0.15) is 5.01 Å². The molecule has 122 valence electrons. The van der Waals surface area contributed by atoms with Crippen molar-refractivity contribution < 1.29 is 9.53 Å². The summed E-state index contributed by atoms with van der Waals surface area (Å²) in [5.41, 5.74) is 0.534. The van der Waals surface area contributed by atoms with Gasteiger partial charge in [0.05, 0.1) is 17.7 Å². The second-order valence-electron chi connectivity index (χ2n) is 5.73. The van der Waals surface area contributed by atoms with Crippen molar-refractivity contribution in [2.24, 2.45) is 0 Å². The predicted molar refractivity (Wildman–Crippen MR) is 88.1 cm³/mol. The zero-order valence-corrected chi connectivity index (χ0v) is 14.1. The molecule has 7 nitrogen and oxygen atoms in total. The van der Waals surface area contributed by atoms with E-state index in [1.54, 1.807) is 23.5 Å². The van der Waals surface area contributed by atoms with Gasteiger partial charge in [-0.15, -0.1) is 10.2 Å². The third-order valence-electron chi connectivity index (χ3n) is 3.36. The number of carbonyl (C=O) groups is 1. The molecular weight excluding hydrogens is 314 g/mol. The molecular formula is C15H19N5O2S. The predicted octanol–water partition coefficient (Wildman–Crippen LogP) is 1.65.